The first-order valence-corrected chi connectivity index (χ1v) is 7.92. The van der Waals surface area contributed by atoms with Gasteiger partial charge in [0, 0.05) is 15.8 Å². The third-order valence-electron chi connectivity index (χ3n) is 3.41. The number of halogens is 1. The van der Waals surface area contributed by atoms with E-state index in [2.05, 4.69) is 45.0 Å². The van der Waals surface area contributed by atoms with Gasteiger partial charge < -0.3 is 5.73 Å². The molecule has 0 amide bonds. The van der Waals surface area contributed by atoms with Crippen LogP contribution in [0.5, 0.6) is 0 Å². The second-order valence-corrected chi connectivity index (χ2v) is 7.46. The molecule has 0 aliphatic carbocycles. The van der Waals surface area contributed by atoms with Gasteiger partial charge in [0.1, 0.15) is 5.82 Å². The average Bonchev–Trinajstić information content (AvgIpc) is 2.40. The van der Waals surface area contributed by atoms with Crippen LogP contribution in [0.2, 0.25) is 0 Å². The van der Waals surface area contributed by atoms with Crippen molar-refractivity contribution in [2.75, 3.05) is 0 Å². The van der Waals surface area contributed by atoms with Crippen LogP contribution >= 0.6 is 11.8 Å². The molecule has 2 aromatic rings. The molecule has 21 heavy (non-hydrogen) atoms. The van der Waals surface area contributed by atoms with E-state index in [4.69, 9.17) is 5.73 Å². The van der Waals surface area contributed by atoms with Crippen molar-refractivity contribution in [1.29, 1.82) is 0 Å². The molecule has 0 radical (unpaired) electrons. The van der Waals surface area contributed by atoms with E-state index in [9.17, 15) is 4.39 Å². The topological polar surface area (TPSA) is 26.0 Å². The highest BCUT2D eigenvalue weighted by atomic mass is 32.2. The highest BCUT2D eigenvalue weighted by Crippen LogP contribution is 2.34. The summed E-state index contributed by atoms with van der Waals surface area (Å²) in [7, 11) is 0. The van der Waals surface area contributed by atoms with Crippen LogP contribution in [0.15, 0.2) is 52.3 Å². The second kappa shape index (κ2) is 6.20. The van der Waals surface area contributed by atoms with Crippen LogP contribution in [-0.2, 0) is 5.41 Å². The fourth-order valence-electron chi connectivity index (χ4n) is 2.12. The number of benzene rings is 2. The zero-order valence-electron chi connectivity index (χ0n) is 13.0. The predicted molar refractivity (Wildman–Crippen MR) is 88.3 cm³/mol. The van der Waals surface area contributed by atoms with Crippen molar-refractivity contribution >= 4 is 11.8 Å². The Balaban J connectivity index is 2.26. The first-order valence-electron chi connectivity index (χ1n) is 7.11. The fourth-order valence-corrected chi connectivity index (χ4v) is 3.14. The third-order valence-corrected chi connectivity index (χ3v) is 4.51. The zero-order valence-corrected chi connectivity index (χ0v) is 13.8. The molecule has 0 saturated heterocycles. The molecule has 0 aromatic heterocycles. The fraction of sp³-hybridized carbons (Fsp3) is 0.333. The Morgan fingerprint density at radius 2 is 1.67 bits per heavy atom. The van der Waals surface area contributed by atoms with Crippen LogP contribution in [0.3, 0.4) is 0 Å². The van der Waals surface area contributed by atoms with Crippen molar-refractivity contribution < 1.29 is 4.39 Å². The van der Waals surface area contributed by atoms with Crippen LogP contribution in [0, 0.1) is 5.82 Å². The summed E-state index contributed by atoms with van der Waals surface area (Å²) in [5, 5.41) is 0. The van der Waals surface area contributed by atoms with E-state index in [0.29, 0.717) is 0 Å². The van der Waals surface area contributed by atoms with Crippen molar-refractivity contribution in [2.45, 2.75) is 48.9 Å². The van der Waals surface area contributed by atoms with E-state index < -0.39 is 0 Å². The van der Waals surface area contributed by atoms with Crippen LogP contribution in [-0.4, -0.2) is 0 Å². The molecule has 0 aliphatic rings. The molecule has 0 heterocycles. The quantitative estimate of drug-likeness (QED) is 0.833. The summed E-state index contributed by atoms with van der Waals surface area (Å²) >= 11 is 1.62. The highest BCUT2D eigenvalue weighted by molar-refractivity contribution is 7.99. The minimum Gasteiger partial charge on any atom is -0.324 e. The third kappa shape index (κ3) is 4.08. The monoisotopic (exact) mass is 303 g/mol. The van der Waals surface area contributed by atoms with E-state index in [0.717, 1.165) is 15.4 Å². The molecule has 0 saturated carbocycles. The molecule has 0 fully saturated rings. The Hall–Kier alpha value is -1.32. The van der Waals surface area contributed by atoms with E-state index >= 15 is 0 Å². The summed E-state index contributed by atoms with van der Waals surface area (Å²) in [6, 6.07) is 13.1. The zero-order chi connectivity index (χ0) is 15.6. The SMILES string of the molecule is CC(N)c1cc(F)ccc1Sc1ccc(C(C)(C)C)cc1. The maximum Gasteiger partial charge on any atom is 0.123 e. The number of rotatable bonds is 3. The van der Waals surface area contributed by atoms with Gasteiger partial charge in [0.15, 0.2) is 0 Å². The summed E-state index contributed by atoms with van der Waals surface area (Å²) in [4.78, 5) is 2.14. The Morgan fingerprint density at radius 3 is 2.19 bits per heavy atom. The van der Waals surface area contributed by atoms with Gasteiger partial charge in [-0.2, -0.15) is 0 Å². The normalized spacial score (nSPS) is 13.2. The Kier molecular flexibility index (Phi) is 4.74. The van der Waals surface area contributed by atoms with Gasteiger partial charge in [-0.05, 0) is 53.8 Å². The summed E-state index contributed by atoms with van der Waals surface area (Å²) in [5.41, 5.74) is 8.24. The van der Waals surface area contributed by atoms with Gasteiger partial charge in [0.05, 0.1) is 0 Å². The summed E-state index contributed by atoms with van der Waals surface area (Å²) in [6.45, 7) is 8.47. The van der Waals surface area contributed by atoms with E-state index in [1.54, 1.807) is 17.8 Å². The minimum atomic E-state index is -0.241. The molecule has 0 aliphatic heterocycles. The molecule has 0 bridgehead atoms. The highest BCUT2D eigenvalue weighted by Gasteiger charge is 2.14. The summed E-state index contributed by atoms with van der Waals surface area (Å²) in [5.74, 6) is -0.241. The lowest BCUT2D eigenvalue weighted by Gasteiger charge is -2.19. The first kappa shape index (κ1) is 16.1. The van der Waals surface area contributed by atoms with Gasteiger partial charge in [0.2, 0.25) is 0 Å². The minimum absolute atomic E-state index is 0.149. The molecular formula is C18H22FNS. The molecule has 1 nitrogen and oxygen atoms in total. The van der Waals surface area contributed by atoms with Crippen LogP contribution < -0.4 is 5.73 Å². The molecule has 1 atom stereocenters. The van der Waals surface area contributed by atoms with Crippen molar-refractivity contribution in [3.8, 4) is 0 Å². The summed E-state index contributed by atoms with van der Waals surface area (Å²) < 4.78 is 13.4. The van der Waals surface area contributed by atoms with Crippen molar-refractivity contribution in [3.05, 3.63) is 59.4 Å². The second-order valence-electron chi connectivity index (χ2n) is 6.35. The van der Waals surface area contributed by atoms with Gasteiger partial charge in [-0.15, -0.1) is 0 Å². The van der Waals surface area contributed by atoms with Gasteiger partial charge in [-0.1, -0.05) is 44.7 Å². The largest absolute Gasteiger partial charge is 0.324 e. The van der Waals surface area contributed by atoms with Crippen LogP contribution in [0.1, 0.15) is 44.9 Å². The lowest BCUT2D eigenvalue weighted by atomic mass is 9.87. The lowest BCUT2D eigenvalue weighted by molar-refractivity contribution is 0.589. The van der Waals surface area contributed by atoms with Crippen molar-refractivity contribution in [2.24, 2.45) is 5.73 Å². The van der Waals surface area contributed by atoms with Crippen molar-refractivity contribution in [3.63, 3.8) is 0 Å². The smallest absolute Gasteiger partial charge is 0.123 e. The molecule has 1 unspecified atom stereocenters. The Labute approximate surface area is 130 Å². The number of hydrogen-bond donors (Lipinski definition) is 1. The van der Waals surface area contributed by atoms with Crippen LogP contribution in [0.4, 0.5) is 4.39 Å². The predicted octanol–water partition coefficient (Wildman–Crippen LogP) is 5.29. The maximum absolute atomic E-state index is 13.4. The first-order chi connectivity index (χ1) is 9.77. The van der Waals surface area contributed by atoms with Gasteiger partial charge in [-0.25, -0.2) is 4.39 Å². The molecule has 112 valence electrons. The molecule has 0 spiro atoms. The van der Waals surface area contributed by atoms with E-state index in [1.807, 2.05) is 6.92 Å². The average molecular weight is 303 g/mol. The molecule has 2 N–H and O–H groups in total. The Bertz CT molecular complexity index is 612. The Morgan fingerprint density at radius 1 is 1.05 bits per heavy atom. The molecular weight excluding hydrogens is 281 g/mol. The number of nitrogens with two attached hydrogens (primary N) is 1. The molecule has 2 aromatic carbocycles. The van der Waals surface area contributed by atoms with Gasteiger partial charge in [-0.3, -0.25) is 0 Å². The molecule has 2 rings (SSSR count). The lowest BCUT2D eigenvalue weighted by Crippen LogP contribution is -2.10. The standard InChI is InChI=1S/C18H22FNS/c1-12(20)16-11-14(19)7-10-17(16)21-15-8-5-13(6-9-15)18(2,3)4/h5-12H,20H2,1-4H3. The van der Waals surface area contributed by atoms with E-state index in [1.165, 1.54) is 17.7 Å². The number of hydrogen-bond acceptors (Lipinski definition) is 2. The van der Waals surface area contributed by atoms with Crippen LogP contribution in [0.25, 0.3) is 0 Å². The van der Waals surface area contributed by atoms with Gasteiger partial charge >= 0.3 is 0 Å². The van der Waals surface area contributed by atoms with Crippen molar-refractivity contribution in [1.82, 2.24) is 0 Å². The van der Waals surface area contributed by atoms with Gasteiger partial charge in [0.25, 0.3) is 0 Å². The summed E-state index contributed by atoms with van der Waals surface area (Å²) in [6.07, 6.45) is 0. The van der Waals surface area contributed by atoms with E-state index in [-0.39, 0.29) is 17.3 Å². The maximum atomic E-state index is 13.4. The molecule has 3 heteroatoms.